The average Bonchev–Trinajstić information content (AvgIpc) is 2.72. The van der Waals surface area contributed by atoms with Crippen molar-refractivity contribution in [3.63, 3.8) is 0 Å². The van der Waals surface area contributed by atoms with E-state index in [0.29, 0.717) is 5.56 Å². The molecule has 0 spiro atoms. The van der Waals surface area contributed by atoms with Crippen LogP contribution in [0.4, 0.5) is 4.39 Å². The lowest BCUT2D eigenvalue weighted by atomic mass is 9.97. The summed E-state index contributed by atoms with van der Waals surface area (Å²) in [4.78, 5) is 3.78. The molecule has 1 heterocycles. The van der Waals surface area contributed by atoms with Gasteiger partial charge in [-0.1, -0.05) is 18.2 Å². The Hall–Kier alpha value is -1.74. The Morgan fingerprint density at radius 3 is 2.94 bits per heavy atom. The van der Waals surface area contributed by atoms with Gasteiger partial charge in [-0.15, -0.1) is 0 Å². The number of benzene rings is 1. The van der Waals surface area contributed by atoms with E-state index in [9.17, 15) is 4.39 Å². The van der Waals surface area contributed by atoms with Crippen molar-refractivity contribution in [1.29, 1.82) is 0 Å². The number of pyridine rings is 1. The van der Waals surface area contributed by atoms with Crippen LogP contribution < -0.4 is 5.73 Å². The molecular formula is C14H13FN2. The summed E-state index contributed by atoms with van der Waals surface area (Å²) in [6, 6.07) is 7.74. The van der Waals surface area contributed by atoms with Gasteiger partial charge in [0.05, 0.1) is 6.20 Å². The number of rotatable bonds is 1. The smallest absolute Gasteiger partial charge is 0.149 e. The van der Waals surface area contributed by atoms with Gasteiger partial charge in [-0.3, -0.25) is 4.98 Å². The third kappa shape index (κ3) is 1.63. The number of fused-ring (bicyclic) bond motifs is 1. The molecule has 2 aromatic rings. The maximum atomic E-state index is 13.7. The molecule has 86 valence electrons. The van der Waals surface area contributed by atoms with Crippen molar-refractivity contribution in [2.24, 2.45) is 5.73 Å². The number of nitrogens with two attached hydrogens (primary N) is 1. The Balaban J connectivity index is 2.20. The Kier molecular flexibility index (Phi) is 2.41. The molecule has 0 fully saturated rings. The lowest BCUT2D eigenvalue weighted by molar-refractivity contribution is 0.625. The minimum atomic E-state index is -0.277. The monoisotopic (exact) mass is 228 g/mol. The molecular weight excluding hydrogens is 215 g/mol. The Bertz CT molecular complexity index is 566. The largest absolute Gasteiger partial charge is 0.324 e. The first-order valence-electron chi connectivity index (χ1n) is 5.74. The highest BCUT2D eigenvalue weighted by Crippen LogP contribution is 2.36. The second kappa shape index (κ2) is 3.93. The summed E-state index contributed by atoms with van der Waals surface area (Å²) in [5, 5.41) is 0. The Morgan fingerprint density at radius 2 is 2.12 bits per heavy atom. The fourth-order valence-corrected chi connectivity index (χ4v) is 2.53. The van der Waals surface area contributed by atoms with Gasteiger partial charge in [0, 0.05) is 17.8 Å². The maximum absolute atomic E-state index is 13.7. The van der Waals surface area contributed by atoms with Crippen LogP contribution >= 0.6 is 0 Å². The minimum absolute atomic E-state index is 0.0925. The number of hydrogen-bond acceptors (Lipinski definition) is 2. The molecule has 0 amide bonds. The lowest BCUT2D eigenvalue weighted by Gasteiger charge is -2.10. The molecule has 1 aliphatic rings. The van der Waals surface area contributed by atoms with E-state index < -0.39 is 0 Å². The zero-order valence-electron chi connectivity index (χ0n) is 9.36. The van der Waals surface area contributed by atoms with Crippen molar-refractivity contribution in [2.45, 2.75) is 18.9 Å². The SMILES string of the molecule is NC1CCc2c(-c3ccncc3F)cccc21. The van der Waals surface area contributed by atoms with Gasteiger partial charge in [-0.2, -0.15) is 0 Å². The standard InChI is InChI=1S/C14H13FN2/c15-13-8-17-7-6-11(13)9-2-1-3-12-10(9)4-5-14(12)16/h1-3,6-8,14H,4-5,16H2. The van der Waals surface area contributed by atoms with E-state index in [-0.39, 0.29) is 11.9 Å². The van der Waals surface area contributed by atoms with Crippen molar-refractivity contribution in [2.75, 3.05) is 0 Å². The van der Waals surface area contributed by atoms with Crippen LogP contribution in [0.15, 0.2) is 36.7 Å². The molecule has 1 aromatic heterocycles. The minimum Gasteiger partial charge on any atom is -0.324 e. The molecule has 0 bridgehead atoms. The quantitative estimate of drug-likeness (QED) is 0.815. The molecule has 2 nitrogen and oxygen atoms in total. The van der Waals surface area contributed by atoms with Gasteiger partial charge in [0.1, 0.15) is 5.82 Å². The predicted molar refractivity (Wildman–Crippen MR) is 64.9 cm³/mol. The molecule has 17 heavy (non-hydrogen) atoms. The summed E-state index contributed by atoms with van der Waals surface area (Å²) in [7, 11) is 0. The maximum Gasteiger partial charge on any atom is 0.149 e. The summed E-state index contributed by atoms with van der Waals surface area (Å²) in [6.45, 7) is 0. The van der Waals surface area contributed by atoms with E-state index in [4.69, 9.17) is 5.73 Å². The number of halogens is 1. The van der Waals surface area contributed by atoms with Crippen LogP contribution in [0.2, 0.25) is 0 Å². The van der Waals surface area contributed by atoms with Crippen LogP contribution in [0, 0.1) is 5.82 Å². The summed E-state index contributed by atoms with van der Waals surface area (Å²) < 4.78 is 13.7. The summed E-state index contributed by atoms with van der Waals surface area (Å²) in [5.41, 5.74) is 9.93. The fourth-order valence-electron chi connectivity index (χ4n) is 2.53. The van der Waals surface area contributed by atoms with Crippen LogP contribution in [0.3, 0.4) is 0 Å². The van der Waals surface area contributed by atoms with Gasteiger partial charge < -0.3 is 5.73 Å². The summed E-state index contributed by atoms with van der Waals surface area (Å²) in [5.74, 6) is -0.277. The first-order valence-corrected chi connectivity index (χ1v) is 5.74. The van der Waals surface area contributed by atoms with Crippen LogP contribution in [-0.4, -0.2) is 4.98 Å². The zero-order valence-corrected chi connectivity index (χ0v) is 9.36. The highest BCUT2D eigenvalue weighted by molar-refractivity contribution is 5.70. The first kappa shape index (κ1) is 10.4. The molecule has 1 unspecified atom stereocenters. The van der Waals surface area contributed by atoms with Crippen molar-refractivity contribution in [3.05, 3.63) is 53.6 Å². The second-order valence-corrected chi connectivity index (χ2v) is 4.37. The predicted octanol–water partition coefficient (Wildman–Crippen LogP) is 2.83. The molecule has 0 saturated carbocycles. The topological polar surface area (TPSA) is 38.9 Å². The molecule has 1 atom stereocenters. The lowest BCUT2D eigenvalue weighted by Crippen LogP contribution is -2.05. The van der Waals surface area contributed by atoms with Crippen LogP contribution in [-0.2, 0) is 6.42 Å². The molecule has 0 radical (unpaired) electrons. The molecule has 3 heteroatoms. The van der Waals surface area contributed by atoms with Gasteiger partial charge in [0.25, 0.3) is 0 Å². The molecule has 0 aliphatic heterocycles. The normalized spacial score (nSPS) is 18.1. The molecule has 3 rings (SSSR count). The number of aromatic nitrogens is 1. The summed E-state index contributed by atoms with van der Waals surface area (Å²) >= 11 is 0. The van der Waals surface area contributed by atoms with Gasteiger partial charge in [-0.25, -0.2) is 4.39 Å². The Labute approximate surface area is 99.3 Å². The first-order chi connectivity index (χ1) is 8.27. The van der Waals surface area contributed by atoms with E-state index in [1.807, 2.05) is 18.2 Å². The van der Waals surface area contributed by atoms with Gasteiger partial charge in [0.15, 0.2) is 0 Å². The van der Waals surface area contributed by atoms with Gasteiger partial charge in [-0.05, 0) is 35.6 Å². The molecule has 1 aliphatic carbocycles. The van der Waals surface area contributed by atoms with Crippen LogP contribution in [0.5, 0.6) is 0 Å². The van der Waals surface area contributed by atoms with Crippen molar-refractivity contribution >= 4 is 0 Å². The van der Waals surface area contributed by atoms with Crippen molar-refractivity contribution in [1.82, 2.24) is 4.98 Å². The van der Waals surface area contributed by atoms with Crippen LogP contribution in [0.1, 0.15) is 23.6 Å². The second-order valence-electron chi connectivity index (χ2n) is 4.37. The number of hydrogen-bond donors (Lipinski definition) is 1. The highest BCUT2D eigenvalue weighted by atomic mass is 19.1. The molecule has 0 saturated heterocycles. The molecule has 1 aromatic carbocycles. The zero-order chi connectivity index (χ0) is 11.8. The Morgan fingerprint density at radius 1 is 1.24 bits per heavy atom. The van der Waals surface area contributed by atoms with Gasteiger partial charge >= 0.3 is 0 Å². The van der Waals surface area contributed by atoms with E-state index in [0.717, 1.165) is 24.0 Å². The number of nitrogens with zero attached hydrogens (tertiary/aromatic N) is 1. The van der Waals surface area contributed by atoms with E-state index in [1.54, 1.807) is 12.3 Å². The van der Waals surface area contributed by atoms with Crippen LogP contribution in [0.25, 0.3) is 11.1 Å². The fraction of sp³-hybridized carbons (Fsp3) is 0.214. The van der Waals surface area contributed by atoms with E-state index in [1.165, 1.54) is 11.8 Å². The van der Waals surface area contributed by atoms with Crippen molar-refractivity contribution < 1.29 is 4.39 Å². The third-order valence-corrected chi connectivity index (χ3v) is 3.38. The van der Waals surface area contributed by atoms with E-state index >= 15 is 0 Å². The van der Waals surface area contributed by atoms with Gasteiger partial charge in [0.2, 0.25) is 0 Å². The van der Waals surface area contributed by atoms with E-state index in [2.05, 4.69) is 4.98 Å². The highest BCUT2D eigenvalue weighted by Gasteiger charge is 2.22. The third-order valence-electron chi connectivity index (χ3n) is 3.38. The molecule has 2 N–H and O–H groups in total. The average molecular weight is 228 g/mol. The van der Waals surface area contributed by atoms with Crippen molar-refractivity contribution in [3.8, 4) is 11.1 Å². The summed E-state index contributed by atoms with van der Waals surface area (Å²) in [6.07, 6.45) is 4.74.